The molecule has 106 valence electrons. The van der Waals surface area contributed by atoms with Gasteiger partial charge in [-0.15, -0.1) is 0 Å². The third-order valence-electron chi connectivity index (χ3n) is 2.84. The third-order valence-corrected chi connectivity index (χ3v) is 2.84. The van der Waals surface area contributed by atoms with Crippen LogP contribution >= 0.6 is 0 Å². The van der Waals surface area contributed by atoms with Crippen LogP contribution in [0.25, 0.3) is 5.65 Å². The Bertz CT molecular complexity index is 635. The van der Waals surface area contributed by atoms with E-state index in [1.165, 1.54) is 6.20 Å². The summed E-state index contributed by atoms with van der Waals surface area (Å²) < 4.78 is 1.65. The number of aliphatic carboxylic acids is 1. The second kappa shape index (κ2) is 5.68. The number of amides is 1. The fourth-order valence-corrected chi connectivity index (χ4v) is 1.93. The number of nitrogens with zero attached hydrogens (tertiary/aromatic N) is 3. The van der Waals surface area contributed by atoms with E-state index in [0.717, 1.165) is 0 Å². The van der Waals surface area contributed by atoms with E-state index in [1.54, 1.807) is 23.0 Å². The number of aromatic nitrogens is 3. The van der Waals surface area contributed by atoms with Crippen LogP contribution < -0.4 is 5.32 Å². The lowest BCUT2D eigenvalue weighted by molar-refractivity contribution is -0.139. The highest BCUT2D eigenvalue weighted by atomic mass is 16.4. The summed E-state index contributed by atoms with van der Waals surface area (Å²) in [6.07, 6.45) is 6.75. The Morgan fingerprint density at radius 3 is 2.55 bits per heavy atom. The van der Waals surface area contributed by atoms with Crippen molar-refractivity contribution in [3.8, 4) is 0 Å². The van der Waals surface area contributed by atoms with Crippen molar-refractivity contribution in [2.75, 3.05) is 0 Å². The van der Waals surface area contributed by atoms with Gasteiger partial charge in [0.05, 0.1) is 0 Å². The van der Waals surface area contributed by atoms with Crippen molar-refractivity contribution in [1.82, 2.24) is 19.7 Å². The minimum atomic E-state index is -1.05. The summed E-state index contributed by atoms with van der Waals surface area (Å²) in [5.41, 5.74) is 0.520. The minimum Gasteiger partial charge on any atom is -0.480 e. The summed E-state index contributed by atoms with van der Waals surface area (Å²) in [5, 5.41) is 11.6. The van der Waals surface area contributed by atoms with E-state index < -0.39 is 17.9 Å². The lowest BCUT2D eigenvalue weighted by atomic mass is 10.0. The highest BCUT2D eigenvalue weighted by molar-refractivity contribution is 5.99. The van der Waals surface area contributed by atoms with Crippen LogP contribution in [-0.4, -0.2) is 37.4 Å². The zero-order valence-corrected chi connectivity index (χ0v) is 11.3. The molecule has 0 saturated heterocycles. The molecule has 0 unspecified atom stereocenters. The summed E-state index contributed by atoms with van der Waals surface area (Å²) in [4.78, 5) is 31.3. The molecule has 7 nitrogen and oxygen atoms in total. The van der Waals surface area contributed by atoms with Gasteiger partial charge in [-0.05, 0) is 12.3 Å². The molecule has 1 atom stereocenters. The Morgan fingerprint density at radius 2 is 1.95 bits per heavy atom. The molecule has 2 rings (SSSR count). The van der Waals surface area contributed by atoms with Gasteiger partial charge in [0.2, 0.25) is 0 Å². The third kappa shape index (κ3) is 2.93. The number of fused-ring (bicyclic) bond motifs is 1. The lowest BCUT2D eigenvalue weighted by Crippen LogP contribution is -2.42. The van der Waals surface area contributed by atoms with E-state index in [1.807, 2.05) is 13.8 Å². The SMILES string of the molecule is CC(C)C[C@@H](NC(=O)c1nccn2ccnc12)C(=O)O. The molecule has 0 fully saturated rings. The number of hydrogen-bond donors (Lipinski definition) is 2. The molecule has 0 spiro atoms. The fourth-order valence-electron chi connectivity index (χ4n) is 1.93. The number of carboxylic acid groups (broad SMARTS) is 1. The summed E-state index contributed by atoms with van der Waals surface area (Å²) in [6, 6.07) is -0.931. The first-order chi connectivity index (χ1) is 9.49. The molecule has 0 aliphatic rings. The van der Waals surface area contributed by atoms with Gasteiger partial charge in [-0.25, -0.2) is 14.8 Å². The van der Waals surface area contributed by atoms with Crippen LogP contribution in [0.15, 0.2) is 24.8 Å². The molecule has 1 amide bonds. The molecule has 20 heavy (non-hydrogen) atoms. The van der Waals surface area contributed by atoms with Crippen LogP contribution in [0.1, 0.15) is 30.8 Å². The van der Waals surface area contributed by atoms with Gasteiger partial charge in [-0.3, -0.25) is 4.79 Å². The van der Waals surface area contributed by atoms with Gasteiger partial charge in [-0.2, -0.15) is 0 Å². The lowest BCUT2D eigenvalue weighted by Gasteiger charge is -2.16. The summed E-state index contributed by atoms with van der Waals surface area (Å²) in [5.74, 6) is -1.43. The average Bonchev–Trinajstić information content (AvgIpc) is 2.84. The molecule has 2 aromatic rings. The molecule has 2 N–H and O–H groups in total. The van der Waals surface area contributed by atoms with Gasteiger partial charge in [0, 0.05) is 24.8 Å². The molecule has 2 heterocycles. The van der Waals surface area contributed by atoms with E-state index in [-0.39, 0.29) is 11.6 Å². The molecule has 2 aromatic heterocycles. The van der Waals surface area contributed by atoms with Gasteiger partial charge in [0.15, 0.2) is 11.3 Å². The van der Waals surface area contributed by atoms with Crippen LogP contribution in [-0.2, 0) is 4.79 Å². The Labute approximate surface area is 115 Å². The standard InChI is InChI=1S/C13H16N4O3/c1-8(2)7-9(13(19)20)16-12(18)10-11-15-4-6-17(11)5-3-14-10/h3-6,8-9H,7H2,1-2H3,(H,16,18)(H,19,20)/t9-/m1/s1. The van der Waals surface area contributed by atoms with Crippen LogP contribution in [0.3, 0.4) is 0 Å². The van der Waals surface area contributed by atoms with E-state index in [9.17, 15) is 9.59 Å². The Balaban J connectivity index is 2.22. The van der Waals surface area contributed by atoms with Gasteiger partial charge in [0.25, 0.3) is 5.91 Å². The number of carboxylic acids is 1. The normalized spacial score (nSPS) is 12.6. The first-order valence-corrected chi connectivity index (χ1v) is 6.30. The molecule has 0 aliphatic carbocycles. The van der Waals surface area contributed by atoms with Gasteiger partial charge >= 0.3 is 5.97 Å². The molecular weight excluding hydrogens is 260 g/mol. The maximum atomic E-state index is 12.2. The molecule has 0 saturated carbocycles. The summed E-state index contributed by atoms with van der Waals surface area (Å²) in [7, 11) is 0. The van der Waals surface area contributed by atoms with Crippen molar-refractivity contribution >= 4 is 17.5 Å². The first-order valence-electron chi connectivity index (χ1n) is 6.30. The topological polar surface area (TPSA) is 96.6 Å². The number of nitrogens with one attached hydrogen (secondary N) is 1. The maximum absolute atomic E-state index is 12.2. The number of carbonyl (C=O) groups is 2. The van der Waals surface area contributed by atoms with Crippen molar-refractivity contribution in [2.45, 2.75) is 26.3 Å². The van der Waals surface area contributed by atoms with E-state index >= 15 is 0 Å². The molecule has 0 aromatic carbocycles. The number of rotatable bonds is 5. The second-order valence-corrected chi connectivity index (χ2v) is 4.93. The van der Waals surface area contributed by atoms with Gasteiger partial charge < -0.3 is 14.8 Å². The Kier molecular flexibility index (Phi) is 3.97. The van der Waals surface area contributed by atoms with Crippen molar-refractivity contribution in [3.05, 3.63) is 30.5 Å². The number of hydrogen-bond acceptors (Lipinski definition) is 4. The smallest absolute Gasteiger partial charge is 0.326 e. The summed E-state index contributed by atoms with van der Waals surface area (Å²) >= 11 is 0. The highest BCUT2D eigenvalue weighted by Gasteiger charge is 2.23. The molecule has 7 heteroatoms. The zero-order chi connectivity index (χ0) is 14.7. The highest BCUT2D eigenvalue weighted by Crippen LogP contribution is 2.08. The van der Waals surface area contributed by atoms with Crippen molar-refractivity contribution in [3.63, 3.8) is 0 Å². The van der Waals surface area contributed by atoms with Crippen LogP contribution in [0, 0.1) is 5.92 Å². The zero-order valence-electron chi connectivity index (χ0n) is 11.3. The van der Waals surface area contributed by atoms with Crippen LogP contribution in [0.4, 0.5) is 0 Å². The van der Waals surface area contributed by atoms with Crippen molar-refractivity contribution in [1.29, 1.82) is 0 Å². The second-order valence-electron chi connectivity index (χ2n) is 4.93. The van der Waals surface area contributed by atoms with E-state index in [2.05, 4.69) is 15.3 Å². The number of carbonyl (C=O) groups excluding carboxylic acids is 1. The first kappa shape index (κ1) is 14.0. The van der Waals surface area contributed by atoms with Crippen LogP contribution in [0.2, 0.25) is 0 Å². The van der Waals surface area contributed by atoms with Gasteiger partial charge in [0.1, 0.15) is 6.04 Å². The molecule has 0 radical (unpaired) electrons. The monoisotopic (exact) mass is 276 g/mol. The summed E-state index contributed by atoms with van der Waals surface area (Å²) in [6.45, 7) is 3.80. The van der Waals surface area contributed by atoms with Crippen molar-refractivity contribution < 1.29 is 14.7 Å². The minimum absolute atomic E-state index is 0.118. The van der Waals surface area contributed by atoms with Gasteiger partial charge in [-0.1, -0.05) is 13.8 Å². The van der Waals surface area contributed by atoms with E-state index in [0.29, 0.717) is 12.1 Å². The Morgan fingerprint density at radius 1 is 1.30 bits per heavy atom. The maximum Gasteiger partial charge on any atom is 0.326 e. The molecule has 0 bridgehead atoms. The fraction of sp³-hybridized carbons (Fsp3) is 0.385. The Hall–Kier alpha value is -2.44. The van der Waals surface area contributed by atoms with Crippen LogP contribution in [0.5, 0.6) is 0 Å². The predicted octanol–water partition coefficient (Wildman–Crippen LogP) is 0.958. The average molecular weight is 276 g/mol. The quantitative estimate of drug-likeness (QED) is 0.847. The predicted molar refractivity (Wildman–Crippen MR) is 71.3 cm³/mol. The van der Waals surface area contributed by atoms with Crippen molar-refractivity contribution in [2.24, 2.45) is 5.92 Å². The number of imidazole rings is 1. The largest absolute Gasteiger partial charge is 0.480 e. The molecular formula is C13H16N4O3. The molecule has 0 aliphatic heterocycles. The van der Waals surface area contributed by atoms with E-state index in [4.69, 9.17) is 5.11 Å².